The van der Waals surface area contributed by atoms with Crippen LogP contribution in [-0.4, -0.2) is 40.7 Å². The second-order valence-electron chi connectivity index (χ2n) is 5.61. The molecule has 0 saturated carbocycles. The maximum Gasteiger partial charge on any atom is 0.306 e. The van der Waals surface area contributed by atoms with Crippen LogP contribution in [0.25, 0.3) is 0 Å². The standard InChI is InChI=1S/C9H23NO2Si2/c1-10(13(2,3)4)8-9(11)12-14(5,6)7/h8H2,1-7H3. The van der Waals surface area contributed by atoms with Crippen LogP contribution >= 0.6 is 0 Å². The van der Waals surface area contributed by atoms with E-state index in [-0.39, 0.29) is 5.97 Å². The lowest BCUT2D eigenvalue weighted by molar-refractivity contribution is -0.135. The molecule has 0 saturated heterocycles. The Bertz CT molecular complexity index is 206. The van der Waals surface area contributed by atoms with Crippen molar-refractivity contribution in [3.05, 3.63) is 0 Å². The zero-order valence-electron chi connectivity index (χ0n) is 10.5. The van der Waals surface area contributed by atoms with E-state index >= 15 is 0 Å². The number of carbonyl (C=O) groups is 1. The van der Waals surface area contributed by atoms with Crippen molar-refractivity contribution in [3.8, 4) is 0 Å². The van der Waals surface area contributed by atoms with Gasteiger partial charge in [-0.1, -0.05) is 19.6 Å². The molecule has 0 aliphatic heterocycles. The van der Waals surface area contributed by atoms with Gasteiger partial charge in [0.05, 0.1) is 6.54 Å². The monoisotopic (exact) mass is 233 g/mol. The summed E-state index contributed by atoms with van der Waals surface area (Å²) in [6.07, 6.45) is 0. The lowest BCUT2D eigenvalue weighted by Gasteiger charge is -2.30. The Labute approximate surface area is 89.7 Å². The highest BCUT2D eigenvalue weighted by molar-refractivity contribution is 6.73. The van der Waals surface area contributed by atoms with Crippen molar-refractivity contribution >= 4 is 22.5 Å². The first kappa shape index (κ1) is 13.9. The molecule has 84 valence electrons. The Morgan fingerprint density at radius 2 is 1.57 bits per heavy atom. The number of hydrogen-bond acceptors (Lipinski definition) is 3. The van der Waals surface area contributed by atoms with Crippen LogP contribution in [0.3, 0.4) is 0 Å². The van der Waals surface area contributed by atoms with Crippen LogP contribution in [0.2, 0.25) is 39.3 Å². The number of hydrogen-bond donors (Lipinski definition) is 0. The van der Waals surface area contributed by atoms with Gasteiger partial charge in [0.15, 0.2) is 0 Å². The zero-order valence-corrected chi connectivity index (χ0v) is 12.5. The summed E-state index contributed by atoms with van der Waals surface area (Å²) < 4.78 is 7.52. The molecule has 0 aromatic rings. The van der Waals surface area contributed by atoms with Gasteiger partial charge >= 0.3 is 5.97 Å². The van der Waals surface area contributed by atoms with E-state index in [2.05, 4.69) is 24.2 Å². The van der Waals surface area contributed by atoms with Crippen molar-refractivity contribution in [1.29, 1.82) is 0 Å². The molecule has 0 aliphatic carbocycles. The summed E-state index contributed by atoms with van der Waals surface area (Å²) in [5.74, 6) is -0.0749. The molecule has 0 heterocycles. The fraction of sp³-hybridized carbons (Fsp3) is 0.889. The van der Waals surface area contributed by atoms with Crippen molar-refractivity contribution < 1.29 is 9.22 Å². The molecule has 0 aromatic heterocycles. The number of nitrogens with zero attached hydrogens (tertiary/aromatic N) is 1. The summed E-state index contributed by atoms with van der Waals surface area (Å²) in [6, 6.07) is 0. The topological polar surface area (TPSA) is 29.5 Å². The lowest BCUT2D eigenvalue weighted by Crippen LogP contribution is -2.47. The minimum atomic E-state index is -1.71. The van der Waals surface area contributed by atoms with Crippen molar-refractivity contribution in [1.82, 2.24) is 4.57 Å². The van der Waals surface area contributed by atoms with Crippen molar-refractivity contribution in [2.45, 2.75) is 39.3 Å². The van der Waals surface area contributed by atoms with E-state index in [1.54, 1.807) is 0 Å². The zero-order chi connectivity index (χ0) is 11.6. The molecule has 0 rings (SSSR count). The molecule has 0 aliphatic rings. The molecule has 0 spiro atoms. The largest absolute Gasteiger partial charge is 0.519 e. The quantitative estimate of drug-likeness (QED) is 0.697. The Kier molecular flexibility index (Phi) is 4.54. The molecule has 3 nitrogen and oxygen atoms in total. The first-order chi connectivity index (χ1) is 6.02. The van der Waals surface area contributed by atoms with Crippen LogP contribution in [-0.2, 0) is 9.22 Å². The van der Waals surface area contributed by atoms with Crippen LogP contribution in [0.1, 0.15) is 0 Å². The van der Waals surface area contributed by atoms with Gasteiger partial charge in [-0.2, -0.15) is 0 Å². The maximum atomic E-state index is 11.5. The number of likely N-dealkylation sites (N-methyl/N-ethyl adjacent to an activating group) is 1. The van der Waals surface area contributed by atoms with Crippen LogP contribution in [0, 0.1) is 0 Å². The van der Waals surface area contributed by atoms with Crippen molar-refractivity contribution in [2.75, 3.05) is 13.6 Å². The Morgan fingerprint density at radius 1 is 1.14 bits per heavy atom. The maximum absolute atomic E-state index is 11.5. The summed E-state index contributed by atoms with van der Waals surface area (Å²) in [5.41, 5.74) is 0. The molecule has 0 atom stereocenters. The van der Waals surface area contributed by atoms with Gasteiger partial charge in [0.1, 0.15) is 8.24 Å². The van der Waals surface area contributed by atoms with Crippen LogP contribution in [0.15, 0.2) is 0 Å². The third-order valence-electron chi connectivity index (χ3n) is 1.93. The summed E-state index contributed by atoms with van der Waals surface area (Å²) in [5, 5.41) is 0. The highest BCUT2D eigenvalue weighted by atomic mass is 28.4. The third kappa shape index (κ3) is 6.34. The number of rotatable bonds is 4. The second kappa shape index (κ2) is 4.59. The summed E-state index contributed by atoms with van der Waals surface area (Å²) in [4.78, 5) is 11.5. The van der Waals surface area contributed by atoms with Gasteiger partial charge in [-0.15, -0.1) is 0 Å². The van der Waals surface area contributed by atoms with E-state index in [1.807, 2.05) is 26.7 Å². The Balaban J connectivity index is 4.09. The van der Waals surface area contributed by atoms with E-state index in [1.165, 1.54) is 0 Å². The Hall–Kier alpha value is -0.136. The summed E-state index contributed by atoms with van der Waals surface area (Å²) in [6.45, 7) is 13.2. The van der Waals surface area contributed by atoms with E-state index in [9.17, 15) is 4.79 Å². The smallest absolute Gasteiger partial charge is 0.306 e. The third-order valence-corrected chi connectivity index (χ3v) is 5.22. The average Bonchev–Trinajstić information content (AvgIpc) is 1.79. The van der Waals surface area contributed by atoms with Crippen LogP contribution < -0.4 is 0 Å². The van der Waals surface area contributed by atoms with Crippen LogP contribution in [0.4, 0.5) is 0 Å². The average molecular weight is 233 g/mol. The molecule has 5 heteroatoms. The molecule has 0 fully saturated rings. The van der Waals surface area contributed by atoms with E-state index < -0.39 is 16.6 Å². The van der Waals surface area contributed by atoms with E-state index in [4.69, 9.17) is 4.43 Å². The molecule has 0 unspecified atom stereocenters. The van der Waals surface area contributed by atoms with E-state index in [0.29, 0.717) is 6.54 Å². The highest BCUT2D eigenvalue weighted by Crippen LogP contribution is 2.08. The lowest BCUT2D eigenvalue weighted by atomic mass is 10.7. The predicted molar refractivity (Wildman–Crippen MR) is 65.4 cm³/mol. The minimum Gasteiger partial charge on any atom is -0.519 e. The molecule has 0 N–H and O–H groups in total. The summed E-state index contributed by atoms with van der Waals surface area (Å²) >= 11 is 0. The van der Waals surface area contributed by atoms with Gasteiger partial charge in [-0.3, -0.25) is 4.79 Å². The minimum absolute atomic E-state index is 0.0749. The highest BCUT2D eigenvalue weighted by Gasteiger charge is 2.25. The van der Waals surface area contributed by atoms with Crippen LogP contribution in [0.5, 0.6) is 0 Å². The molecule has 0 amide bonds. The van der Waals surface area contributed by atoms with Gasteiger partial charge < -0.3 is 8.99 Å². The van der Waals surface area contributed by atoms with Gasteiger partial charge in [0.25, 0.3) is 0 Å². The Morgan fingerprint density at radius 3 is 1.86 bits per heavy atom. The van der Waals surface area contributed by atoms with Crippen molar-refractivity contribution in [2.24, 2.45) is 0 Å². The molecule has 0 bridgehead atoms. The fourth-order valence-corrected chi connectivity index (χ4v) is 2.16. The van der Waals surface area contributed by atoms with Gasteiger partial charge in [0.2, 0.25) is 8.32 Å². The van der Waals surface area contributed by atoms with E-state index in [0.717, 1.165) is 0 Å². The van der Waals surface area contributed by atoms with Gasteiger partial charge in [0, 0.05) is 0 Å². The molecular formula is C9H23NO2Si2. The fourth-order valence-electron chi connectivity index (χ4n) is 0.805. The van der Waals surface area contributed by atoms with Crippen molar-refractivity contribution in [3.63, 3.8) is 0 Å². The first-order valence-electron chi connectivity index (χ1n) is 4.95. The summed E-state index contributed by atoms with van der Waals surface area (Å²) in [7, 11) is -1.06. The normalized spacial score (nSPS) is 13.1. The second-order valence-corrected chi connectivity index (χ2v) is 15.1. The SMILES string of the molecule is CN(CC(=O)O[Si](C)(C)C)[Si](C)(C)C. The molecule has 14 heavy (non-hydrogen) atoms. The molecule has 0 radical (unpaired) electrons. The predicted octanol–water partition coefficient (Wildman–Crippen LogP) is 2.13. The first-order valence-corrected chi connectivity index (χ1v) is 11.8. The van der Waals surface area contributed by atoms with Gasteiger partial charge in [-0.05, 0) is 26.7 Å². The molecule has 0 aromatic carbocycles. The van der Waals surface area contributed by atoms with Gasteiger partial charge in [-0.25, -0.2) is 0 Å². The molecular weight excluding hydrogens is 210 g/mol. The number of carbonyl (C=O) groups excluding carboxylic acids is 1.